The largest absolute Gasteiger partial charge is 0.354 e. The highest BCUT2D eigenvalue weighted by molar-refractivity contribution is 5.78. The summed E-state index contributed by atoms with van der Waals surface area (Å²) in [6, 6.07) is 13.7. The molecule has 1 aromatic carbocycles. The van der Waals surface area contributed by atoms with Gasteiger partial charge in [0.15, 0.2) is 5.82 Å². The molecule has 1 aliphatic heterocycles. The van der Waals surface area contributed by atoms with Gasteiger partial charge in [0, 0.05) is 18.9 Å². The summed E-state index contributed by atoms with van der Waals surface area (Å²) in [5.41, 5.74) is 2.85. The highest BCUT2D eigenvalue weighted by atomic mass is 15.4. The van der Waals surface area contributed by atoms with Crippen LogP contribution in [0.5, 0.6) is 0 Å². The molecular weight excluding hydrogens is 224 g/mol. The predicted octanol–water partition coefficient (Wildman–Crippen LogP) is 2.50. The SMILES string of the molecule is CN1CN(c2ccc(C#N)cc2)c2ncccc21. The Morgan fingerprint density at radius 2 is 2.00 bits per heavy atom. The predicted molar refractivity (Wildman–Crippen MR) is 70.8 cm³/mol. The molecule has 0 saturated carbocycles. The van der Waals surface area contributed by atoms with E-state index < -0.39 is 0 Å². The van der Waals surface area contributed by atoms with Crippen molar-refractivity contribution in [3.63, 3.8) is 0 Å². The Morgan fingerprint density at radius 3 is 2.72 bits per heavy atom. The summed E-state index contributed by atoms with van der Waals surface area (Å²) < 4.78 is 0. The zero-order valence-electron chi connectivity index (χ0n) is 10.0. The molecule has 0 spiro atoms. The maximum absolute atomic E-state index is 8.81. The molecule has 88 valence electrons. The van der Waals surface area contributed by atoms with Gasteiger partial charge in [-0.1, -0.05) is 0 Å². The first-order valence-corrected chi connectivity index (χ1v) is 5.73. The fourth-order valence-corrected chi connectivity index (χ4v) is 2.17. The number of hydrogen-bond acceptors (Lipinski definition) is 4. The molecule has 0 fully saturated rings. The second kappa shape index (κ2) is 4.04. The summed E-state index contributed by atoms with van der Waals surface area (Å²) in [6.45, 7) is 0.776. The fourth-order valence-electron chi connectivity index (χ4n) is 2.17. The standard InChI is InChI=1S/C14H12N4/c1-17-10-18(14-13(17)3-2-8-16-14)12-6-4-11(9-15)5-7-12/h2-8H,10H2,1H3. The molecule has 0 saturated heterocycles. The van der Waals surface area contributed by atoms with Gasteiger partial charge in [0.2, 0.25) is 0 Å². The van der Waals surface area contributed by atoms with Gasteiger partial charge < -0.3 is 9.80 Å². The van der Waals surface area contributed by atoms with Crippen LogP contribution in [-0.2, 0) is 0 Å². The number of fused-ring (bicyclic) bond motifs is 1. The minimum absolute atomic E-state index is 0.674. The minimum atomic E-state index is 0.674. The maximum Gasteiger partial charge on any atom is 0.158 e. The first kappa shape index (κ1) is 10.6. The second-order valence-corrected chi connectivity index (χ2v) is 4.27. The smallest absolute Gasteiger partial charge is 0.158 e. The first-order chi connectivity index (χ1) is 8.79. The Labute approximate surface area is 106 Å². The van der Waals surface area contributed by atoms with Gasteiger partial charge in [0.1, 0.15) is 0 Å². The van der Waals surface area contributed by atoms with Crippen molar-refractivity contribution in [1.29, 1.82) is 5.26 Å². The van der Waals surface area contributed by atoms with Gasteiger partial charge in [-0.25, -0.2) is 4.98 Å². The summed E-state index contributed by atoms with van der Waals surface area (Å²) >= 11 is 0. The molecular formula is C14H12N4. The quantitative estimate of drug-likeness (QED) is 0.763. The molecule has 0 aliphatic carbocycles. The molecule has 4 nitrogen and oxygen atoms in total. The first-order valence-electron chi connectivity index (χ1n) is 5.73. The number of nitrogens with zero attached hydrogens (tertiary/aromatic N) is 4. The molecule has 4 heteroatoms. The van der Waals surface area contributed by atoms with E-state index in [1.807, 2.05) is 37.4 Å². The van der Waals surface area contributed by atoms with Crippen LogP contribution >= 0.6 is 0 Å². The number of hydrogen-bond donors (Lipinski definition) is 0. The van der Waals surface area contributed by atoms with Crippen LogP contribution in [-0.4, -0.2) is 18.7 Å². The lowest BCUT2D eigenvalue weighted by Gasteiger charge is -2.18. The van der Waals surface area contributed by atoms with Gasteiger partial charge in [-0.15, -0.1) is 0 Å². The monoisotopic (exact) mass is 236 g/mol. The summed E-state index contributed by atoms with van der Waals surface area (Å²) in [7, 11) is 2.05. The average molecular weight is 236 g/mol. The topological polar surface area (TPSA) is 43.2 Å². The van der Waals surface area contributed by atoms with Crippen LogP contribution in [0.3, 0.4) is 0 Å². The average Bonchev–Trinajstić information content (AvgIpc) is 2.77. The van der Waals surface area contributed by atoms with Crippen LogP contribution in [0.2, 0.25) is 0 Å². The highest BCUT2D eigenvalue weighted by Crippen LogP contribution is 2.37. The number of rotatable bonds is 1. The summed E-state index contributed by atoms with van der Waals surface area (Å²) in [4.78, 5) is 8.72. The van der Waals surface area contributed by atoms with E-state index in [9.17, 15) is 0 Å². The highest BCUT2D eigenvalue weighted by Gasteiger charge is 2.25. The van der Waals surface area contributed by atoms with Crippen molar-refractivity contribution in [3.05, 3.63) is 48.2 Å². The van der Waals surface area contributed by atoms with Crippen molar-refractivity contribution >= 4 is 17.2 Å². The van der Waals surface area contributed by atoms with E-state index in [1.165, 1.54) is 0 Å². The number of nitriles is 1. The van der Waals surface area contributed by atoms with E-state index in [4.69, 9.17) is 5.26 Å². The normalized spacial score (nSPS) is 13.3. The van der Waals surface area contributed by atoms with Gasteiger partial charge in [-0.2, -0.15) is 5.26 Å². The molecule has 0 atom stereocenters. The van der Waals surface area contributed by atoms with Crippen LogP contribution in [0.25, 0.3) is 0 Å². The number of anilines is 3. The van der Waals surface area contributed by atoms with Gasteiger partial charge in [0.25, 0.3) is 0 Å². The van der Waals surface area contributed by atoms with Crippen molar-refractivity contribution in [2.75, 3.05) is 23.5 Å². The number of pyridine rings is 1. The van der Waals surface area contributed by atoms with Gasteiger partial charge in [-0.05, 0) is 36.4 Å². The molecule has 3 rings (SSSR count). The van der Waals surface area contributed by atoms with Crippen LogP contribution in [0.1, 0.15) is 5.56 Å². The van der Waals surface area contributed by atoms with Crippen LogP contribution < -0.4 is 9.80 Å². The van der Waals surface area contributed by atoms with Crippen LogP contribution in [0, 0.1) is 11.3 Å². The fraction of sp³-hybridized carbons (Fsp3) is 0.143. The molecule has 0 N–H and O–H groups in total. The van der Waals surface area contributed by atoms with Gasteiger partial charge in [0.05, 0.1) is 24.0 Å². The lowest BCUT2D eigenvalue weighted by molar-refractivity contribution is 0.944. The van der Waals surface area contributed by atoms with E-state index in [1.54, 1.807) is 6.20 Å². The van der Waals surface area contributed by atoms with Crippen molar-refractivity contribution in [2.45, 2.75) is 0 Å². The Kier molecular flexibility index (Phi) is 2.38. The molecule has 18 heavy (non-hydrogen) atoms. The third-order valence-corrected chi connectivity index (χ3v) is 3.09. The van der Waals surface area contributed by atoms with E-state index in [2.05, 4.69) is 26.9 Å². The van der Waals surface area contributed by atoms with Crippen molar-refractivity contribution in [3.8, 4) is 6.07 Å². The Hall–Kier alpha value is -2.54. The molecule has 0 bridgehead atoms. The number of benzene rings is 1. The zero-order valence-corrected chi connectivity index (χ0v) is 10.0. The summed E-state index contributed by atoms with van der Waals surface area (Å²) in [6.07, 6.45) is 1.80. The molecule has 0 amide bonds. The summed E-state index contributed by atoms with van der Waals surface area (Å²) in [5.74, 6) is 0.963. The van der Waals surface area contributed by atoms with E-state index in [0.717, 1.165) is 23.9 Å². The third-order valence-electron chi connectivity index (χ3n) is 3.09. The third kappa shape index (κ3) is 1.57. The molecule has 1 aliphatic rings. The maximum atomic E-state index is 8.81. The molecule has 2 heterocycles. The van der Waals surface area contributed by atoms with Crippen molar-refractivity contribution < 1.29 is 0 Å². The molecule has 0 unspecified atom stereocenters. The molecule has 1 aromatic heterocycles. The van der Waals surface area contributed by atoms with Crippen molar-refractivity contribution in [1.82, 2.24) is 4.98 Å². The van der Waals surface area contributed by atoms with E-state index in [-0.39, 0.29) is 0 Å². The second-order valence-electron chi connectivity index (χ2n) is 4.27. The van der Waals surface area contributed by atoms with Crippen LogP contribution in [0.4, 0.5) is 17.2 Å². The van der Waals surface area contributed by atoms with Crippen molar-refractivity contribution in [2.24, 2.45) is 0 Å². The number of aromatic nitrogens is 1. The van der Waals surface area contributed by atoms with Gasteiger partial charge >= 0.3 is 0 Å². The molecule has 2 aromatic rings. The van der Waals surface area contributed by atoms with E-state index >= 15 is 0 Å². The zero-order chi connectivity index (χ0) is 12.5. The molecule has 0 radical (unpaired) electrons. The Bertz CT molecular complexity index is 612. The Balaban J connectivity index is 2.01. The van der Waals surface area contributed by atoms with E-state index in [0.29, 0.717) is 5.56 Å². The van der Waals surface area contributed by atoms with Gasteiger partial charge in [-0.3, -0.25) is 0 Å². The lowest BCUT2D eigenvalue weighted by atomic mass is 10.2. The summed E-state index contributed by atoms with van der Waals surface area (Å²) in [5, 5.41) is 8.81. The van der Waals surface area contributed by atoms with Crippen LogP contribution in [0.15, 0.2) is 42.6 Å². The lowest BCUT2D eigenvalue weighted by Crippen LogP contribution is -2.24. The Morgan fingerprint density at radius 1 is 1.22 bits per heavy atom. The minimum Gasteiger partial charge on any atom is -0.354 e.